The summed E-state index contributed by atoms with van der Waals surface area (Å²) in [6.45, 7) is 0.812. The summed E-state index contributed by atoms with van der Waals surface area (Å²) in [5.74, 6) is -0.623. The fourth-order valence-electron chi connectivity index (χ4n) is 4.40. The van der Waals surface area contributed by atoms with Crippen molar-refractivity contribution in [3.8, 4) is 11.3 Å². The number of hydrogen-bond donors (Lipinski definition) is 2. The topological polar surface area (TPSA) is 120 Å². The fourth-order valence-corrected chi connectivity index (χ4v) is 4.40. The summed E-state index contributed by atoms with van der Waals surface area (Å²) in [6, 6.07) is 12.3. The second-order valence-corrected chi connectivity index (χ2v) is 8.29. The van der Waals surface area contributed by atoms with E-state index in [-0.39, 0.29) is 36.1 Å². The Morgan fingerprint density at radius 2 is 1.71 bits per heavy atom. The van der Waals surface area contributed by atoms with Crippen molar-refractivity contribution in [2.75, 3.05) is 19.0 Å². The van der Waals surface area contributed by atoms with Crippen molar-refractivity contribution in [3.05, 3.63) is 63.9 Å². The monoisotopic (exact) mass is 461 g/mol. The SMILES string of the molecule is COC(=O)CCCCC(=O)Nc1ccc2c3c(n(CCCN)c(=O)c2c1)-c1ccccc1C3=O. The normalized spacial score (nSPS) is 11.9. The first kappa shape index (κ1) is 23.4. The van der Waals surface area contributed by atoms with Crippen molar-refractivity contribution >= 4 is 34.1 Å². The molecule has 176 valence electrons. The standard InChI is InChI=1S/C26H27N3O5/c1-34-22(31)10-5-4-9-21(30)28-16-11-12-17-20(15-16)26(33)29(14-6-13-27)24-18-7-2-3-8-19(18)25(32)23(17)24/h2-3,7-8,11-12,15H,4-6,9-10,13-14,27H2,1H3,(H,28,30). The second kappa shape index (κ2) is 10.0. The molecular weight excluding hydrogens is 434 g/mol. The van der Waals surface area contributed by atoms with Crippen LogP contribution >= 0.6 is 0 Å². The van der Waals surface area contributed by atoms with E-state index in [0.29, 0.717) is 65.6 Å². The fraction of sp³-hybridized carbons (Fsp3) is 0.308. The summed E-state index contributed by atoms with van der Waals surface area (Å²) >= 11 is 0. The summed E-state index contributed by atoms with van der Waals surface area (Å²) in [5, 5.41) is 3.76. The summed E-state index contributed by atoms with van der Waals surface area (Å²) in [4.78, 5) is 50.3. The molecule has 1 aliphatic rings. The maximum atomic E-state index is 13.5. The number of carbonyl (C=O) groups is 3. The minimum Gasteiger partial charge on any atom is -0.469 e. The third kappa shape index (κ3) is 4.36. The quantitative estimate of drug-likeness (QED) is 0.292. The molecule has 0 fully saturated rings. The first-order valence-electron chi connectivity index (χ1n) is 11.4. The smallest absolute Gasteiger partial charge is 0.305 e. The maximum absolute atomic E-state index is 13.5. The molecule has 34 heavy (non-hydrogen) atoms. The number of nitrogens with two attached hydrogens (primary N) is 1. The number of carbonyl (C=O) groups excluding carboxylic acids is 3. The lowest BCUT2D eigenvalue weighted by molar-refractivity contribution is -0.140. The minimum absolute atomic E-state index is 0.112. The number of nitrogens with one attached hydrogen (secondary N) is 1. The van der Waals surface area contributed by atoms with E-state index < -0.39 is 0 Å². The maximum Gasteiger partial charge on any atom is 0.305 e. The molecule has 0 aliphatic heterocycles. The number of amides is 1. The van der Waals surface area contributed by atoms with E-state index in [1.54, 1.807) is 28.8 Å². The molecule has 2 aromatic carbocycles. The second-order valence-electron chi connectivity index (χ2n) is 8.29. The number of aromatic nitrogens is 1. The predicted octanol–water partition coefficient (Wildman–Crippen LogP) is 3.23. The Balaban J connectivity index is 1.67. The highest BCUT2D eigenvalue weighted by atomic mass is 16.5. The van der Waals surface area contributed by atoms with Crippen molar-refractivity contribution in [2.24, 2.45) is 5.73 Å². The molecule has 8 heteroatoms. The van der Waals surface area contributed by atoms with Crippen LogP contribution in [0.4, 0.5) is 5.69 Å². The third-order valence-electron chi connectivity index (χ3n) is 6.06. The van der Waals surface area contributed by atoms with Gasteiger partial charge in [-0.2, -0.15) is 0 Å². The third-order valence-corrected chi connectivity index (χ3v) is 6.06. The van der Waals surface area contributed by atoms with E-state index in [1.165, 1.54) is 7.11 Å². The van der Waals surface area contributed by atoms with E-state index in [1.807, 2.05) is 18.2 Å². The van der Waals surface area contributed by atoms with Crippen LogP contribution in [0, 0.1) is 0 Å². The van der Waals surface area contributed by atoms with E-state index in [0.717, 1.165) is 5.56 Å². The van der Waals surface area contributed by atoms with E-state index in [4.69, 9.17) is 5.73 Å². The summed E-state index contributed by atoms with van der Waals surface area (Å²) < 4.78 is 6.23. The molecule has 0 unspecified atom stereocenters. The molecule has 0 radical (unpaired) electrons. The van der Waals surface area contributed by atoms with Crippen LogP contribution in [0.5, 0.6) is 0 Å². The minimum atomic E-state index is -0.301. The van der Waals surface area contributed by atoms with Crippen LogP contribution in [-0.2, 0) is 20.9 Å². The number of unbranched alkanes of at least 4 members (excludes halogenated alkanes) is 1. The Hall–Kier alpha value is -3.78. The molecule has 0 saturated carbocycles. The molecule has 3 N–H and O–H groups in total. The number of nitrogens with zero attached hydrogens (tertiary/aromatic N) is 1. The van der Waals surface area contributed by atoms with Gasteiger partial charge in [-0.05, 0) is 37.9 Å². The zero-order chi connectivity index (χ0) is 24.2. The zero-order valence-corrected chi connectivity index (χ0v) is 19.1. The summed E-state index contributed by atoms with van der Waals surface area (Å²) in [6.07, 6.45) is 2.20. The van der Waals surface area contributed by atoms with Crippen LogP contribution in [-0.4, -0.2) is 35.9 Å². The van der Waals surface area contributed by atoms with E-state index in [2.05, 4.69) is 10.1 Å². The average Bonchev–Trinajstić information content (AvgIpc) is 3.14. The van der Waals surface area contributed by atoms with Crippen molar-refractivity contribution < 1.29 is 19.1 Å². The van der Waals surface area contributed by atoms with Gasteiger partial charge in [0, 0.05) is 41.6 Å². The van der Waals surface area contributed by atoms with Gasteiger partial charge in [0.2, 0.25) is 5.91 Å². The van der Waals surface area contributed by atoms with Crippen LogP contribution in [0.3, 0.4) is 0 Å². The van der Waals surface area contributed by atoms with Crippen LogP contribution in [0.2, 0.25) is 0 Å². The van der Waals surface area contributed by atoms with Crippen LogP contribution in [0.25, 0.3) is 22.0 Å². The molecule has 0 bridgehead atoms. The van der Waals surface area contributed by atoms with Crippen molar-refractivity contribution in [2.45, 2.75) is 38.6 Å². The number of ketones is 1. The van der Waals surface area contributed by atoms with Gasteiger partial charge in [-0.25, -0.2) is 0 Å². The van der Waals surface area contributed by atoms with Gasteiger partial charge >= 0.3 is 5.97 Å². The van der Waals surface area contributed by atoms with Gasteiger partial charge in [0.05, 0.1) is 23.8 Å². The number of methoxy groups -OCH3 is 1. The first-order chi connectivity index (χ1) is 16.5. The predicted molar refractivity (Wildman–Crippen MR) is 130 cm³/mol. The molecular formula is C26H27N3O5. The summed E-state index contributed by atoms with van der Waals surface area (Å²) in [5.41, 5.74) is 8.44. The Morgan fingerprint density at radius 3 is 2.44 bits per heavy atom. The van der Waals surface area contributed by atoms with Crippen LogP contribution < -0.4 is 16.6 Å². The van der Waals surface area contributed by atoms with Gasteiger partial charge in [-0.1, -0.05) is 30.3 Å². The highest BCUT2D eigenvalue weighted by Crippen LogP contribution is 2.39. The first-order valence-corrected chi connectivity index (χ1v) is 11.4. The Kier molecular flexibility index (Phi) is 6.88. The van der Waals surface area contributed by atoms with Crippen molar-refractivity contribution in [3.63, 3.8) is 0 Å². The number of benzene rings is 2. The van der Waals surface area contributed by atoms with Gasteiger partial charge < -0.3 is 20.4 Å². The molecule has 1 amide bonds. The molecule has 4 rings (SSSR count). The lowest BCUT2D eigenvalue weighted by Gasteiger charge is -2.15. The van der Waals surface area contributed by atoms with Gasteiger partial charge in [-0.15, -0.1) is 0 Å². The highest BCUT2D eigenvalue weighted by molar-refractivity contribution is 6.26. The molecule has 0 spiro atoms. The largest absolute Gasteiger partial charge is 0.469 e. The average molecular weight is 462 g/mol. The molecule has 1 heterocycles. The van der Waals surface area contributed by atoms with Crippen LogP contribution in [0.15, 0.2) is 47.3 Å². The number of ether oxygens (including phenoxy) is 1. The molecule has 3 aromatic rings. The van der Waals surface area contributed by atoms with Gasteiger partial charge in [-0.3, -0.25) is 19.2 Å². The molecule has 8 nitrogen and oxygen atoms in total. The van der Waals surface area contributed by atoms with E-state index >= 15 is 0 Å². The zero-order valence-electron chi connectivity index (χ0n) is 19.1. The lowest BCUT2D eigenvalue weighted by atomic mass is 10.0. The van der Waals surface area contributed by atoms with Crippen LogP contribution in [0.1, 0.15) is 48.0 Å². The molecule has 1 aromatic heterocycles. The number of anilines is 1. The Morgan fingerprint density at radius 1 is 0.971 bits per heavy atom. The Bertz CT molecular complexity index is 1340. The lowest BCUT2D eigenvalue weighted by Crippen LogP contribution is -2.24. The Labute approximate surface area is 196 Å². The number of hydrogen-bond acceptors (Lipinski definition) is 6. The summed E-state index contributed by atoms with van der Waals surface area (Å²) in [7, 11) is 1.33. The molecule has 0 atom stereocenters. The van der Waals surface area contributed by atoms with E-state index in [9.17, 15) is 19.2 Å². The molecule has 0 saturated heterocycles. The highest BCUT2D eigenvalue weighted by Gasteiger charge is 2.32. The van der Waals surface area contributed by atoms with Crippen molar-refractivity contribution in [1.29, 1.82) is 0 Å². The van der Waals surface area contributed by atoms with Gasteiger partial charge in [0.15, 0.2) is 5.78 Å². The number of fused-ring (bicyclic) bond motifs is 5. The number of pyridine rings is 1. The number of esters is 1. The number of rotatable bonds is 9. The van der Waals surface area contributed by atoms with Gasteiger partial charge in [0.1, 0.15) is 0 Å². The van der Waals surface area contributed by atoms with Gasteiger partial charge in [0.25, 0.3) is 5.56 Å². The molecule has 1 aliphatic carbocycles. The van der Waals surface area contributed by atoms with Crippen molar-refractivity contribution in [1.82, 2.24) is 4.57 Å².